The van der Waals surface area contributed by atoms with E-state index < -0.39 is 6.03 Å². The number of halogens is 1. The highest BCUT2D eigenvalue weighted by Crippen LogP contribution is 2.16. The second kappa shape index (κ2) is 3.39. The smallest absolute Gasteiger partial charge is 0.247 e. The molecule has 0 aliphatic heterocycles. The lowest BCUT2D eigenvalue weighted by molar-refractivity contribution is 0.256. The van der Waals surface area contributed by atoms with Gasteiger partial charge in [0.25, 0.3) is 0 Å². The van der Waals surface area contributed by atoms with Crippen molar-refractivity contribution in [2.75, 3.05) is 3.93 Å². The van der Waals surface area contributed by atoms with Gasteiger partial charge in [0.15, 0.2) is 0 Å². The third kappa shape index (κ3) is 1.94. The van der Waals surface area contributed by atoms with Crippen LogP contribution < -0.4 is 9.66 Å². The molecule has 1 N–H and O–H groups in total. The van der Waals surface area contributed by atoms with Crippen LogP contribution in [-0.4, -0.2) is 6.03 Å². The molecule has 0 aliphatic carbocycles. The summed E-state index contributed by atoms with van der Waals surface area (Å²) in [7, 11) is 0. The molecule has 1 rings (SSSR count). The number of rotatable bonds is 1. The Hall–Kier alpha value is -1.03. The van der Waals surface area contributed by atoms with Crippen LogP contribution in [0.25, 0.3) is 0 Å². The van der Waals surface area contributed by atoms with Crippen LogP contribution in [0.4, 0.5) is 10.5 Å². The predicted octanol–water partition coefficient (Wildman–Crippen LogP) is 2.21. The number of hydrogen-bond acceptors (Lipinski definition) is 1. The third-order valence-electron chi connectivity index (χ3n) is 1.16. The molecule has 0 saturated heterocycles. The number of nitrogens with one attached hydrogen (secondary N) is 1. The molecule has 11 heavy (non-hydrogen) atoms. The standard InChI is InChI=1S/C7H6BrN2O/c8-10(7(9)11)6-4-2-1-3-5-6/h1-5,9H. The number of nitrogens with zero attached hydrogens (tertiary/aromatic N) is 1. The monoisotopic (exact) mass is 213 g/mol. The molecule has 0 aromatic heterocycles. The van der Waals surface area contributed by atoms with Gasteiger partial charge in [0.1, 0.15) is 0 Å². The number of para-hydroxylation sites is 1. The second-order valence-corrected chi connectivity index (χ2v) is 2.63. The average Bonchev–Trinajstić information content (AvgIpc) is 2.05. The van der Waals surface area contributed by atoms with Gasteiger partial charge in [-0.05, 0) is 12.1 Å². The van der Waals surface area contributed by atoms with E-state index in [-0.39, 0.29) is 0 Å². The van der Waals surface area contributed by atoms with Gasteiger partial charge in [-0.25, -0.2) is 14.5 Å². The highest BCUT2D eigenvalue weighted by molar-refractivity contribution is 9.10. The highest BCUT2D eigenvalue weighted by Gasteiger charge is 2.06. The molecule has 0 aliphatic rings. The van der Waals surface area contributed by atoms with E-state index in [4.69, 9.17) is 5.73 Å². The molecule has 0 fully saturated rings. The Morgan fingerprint density at radius 1 is 1.36 bits per heavy atom. The summed E-state index contributed by atoms with van der Waals surface area (Å²) in [6.45, 7) is 0. The Labute approximate surface area is 73.1 Å². The number of urea groups is 1. The molecule has 57 valence electrons. The fraction of sp³-hybridized carbons (Fsp3) is 0. The van der Waals surface area contributed by atoms with Crippen molar-refractivity contribution in [2.24, 2.45) is 0 Å². The van der Waals surface area contributed by atoms with Crippen molar-refractivity contribution in [1.29, 1.82) is 0 Å². The molecular formula is C7H6BrN2O. The van der Waals surface area contributed by atoms with Gasteiger partial charge in [-0.3, -0.25) is 0 Å². The molecule has 1 aromatic carbocycles. The maximum absolute atomic E-state index is 10.5. The summed E-state index contributed by atoms with van der Waals surface area (Å²) in [5.74, 6) is 0. The third-order valence-corrected chi connectivity index (χ3v) is 1.89. The summed E-state index contributed by atoms with van der Waals surface area (Å²) in [5, 5.41) is 0. The molecule has 2 amide bonds. The highest BCUT2D eigenvalue weighted by atomic mass is 79.9. The summed E-state index contributed by atoms with van der Waals surface area (Å²) < 4.78 is 1.09. The number of anilines is 1. The SMILES string of the molecule is [NH]C(=O)N(Br)c1ccccc1. The van der Waals surface area contributed by atoms with Gasteiger partial charge in [-0.1, -0.05) is 18.2 Å². The van der Waals surface area contributed by atoms with Gasteiger partial charge in [-0.15, -0.1) is 0 Å². The minimum Gasteiger partial charge on any atom is -0.247 e. The first-order valence-corrected chi connectivity index (χ1v) is 3.69. The summed E-state index contributed by atoms with van der Waals surface area (Å²) in [4.78, 5) is 10.5. The Balaban J connectivity index is 2.85. The summed E-state index contributed by atoms with van der Waals surface area (Å²) >= 11 is 2.95. The number of carbonyl (C=O) groups is 1. The largest absolute Gasteiger partial charge is 0.350 e. The van der Waals surface area contributed by atoms with Crippen LogP contribution in [0.15, 0.2) is 30.3 Å². The normalized spacial score (nSPS) is 9.18. The molecule has 1 radical (unpaired) electrons. The number of amides is 2. The maximum Gasteiger partial charge on any atom is 0.350 e. The number of benzene rings is 1. The first kappa shape index (κ1) is 8.07. The topological polar surface area (TPSA) is 44.1 Å². The Morgan fingerprint density at radius 3 is 2.36 bits per heavy atom. The van der Waals surface area contributed by atoms with Crippen molar-refractivity contribution in [3.05, 3.63) is 30.3 Å². The average molecular weight is 214 g/mol. The van der Waals surface area contributed by atoms with Crippen LogP contribution in [0.1, 0.15) is 0 Å². The number of hydrogen-bond donors (Lipinski definition) is 0. The lowest BCUT2D eigenvalue weighted by Gasteiger charge is -2.08. The summed E-state index contributed by atoms with van der Waals surface area (Å²) in [6, 6.07) is 8.14. The Morgan fingerprint density at radius 2 is 1.91 bits per heavy atom. The lowest BCUT2D eigenvalue weighted by atomic mass is 10.3. The van der Waals surface area contributed by atoms with E-state index in [1.54, 1.807) is 24.3 Å². The van der Waals surface area contributed by atoms with Gasteiger partial charge in [-0.2, -0.15) is 0 Å². The lowest BCUT2D eigenvalue weighted by Crippen LogP contribution is -2.18. The molecule has 0 bridgehead atoms. The van der Waals surface area contributed by atoms with E-state index in [2.05, 4.69) is 16.1 Å². The summed E-state index contributed by atoms with van der Waals surface area (Å²) in [6.07, 6.45) is 0. The molecule has 0 saturated carbocycles. The van der Waals surface area contributed by atoms with Crippen LogP contribution in [0.5, 0.6) is 0 Å². The second-order valence-electron chi connectivity index (χ2n) is 1.92. The fourth-order valence-electron chi connectivity index (χ4n) is 0.676. The zero-order chi connectivity index (χ0) is 8.27. The van der Waals surface area contributed by atoms with E-state index in [1.165, 1.54) is 0 Å². The minimum atomic E-state index is -0.781. The van der Waals surface area contributed by atoms with Crippen molar-refractivity contribution in [3.8, 4) is 0 Å². The van der Waals surface area contributed by atoms with Gasteiger partial charge >= 0.3 is 6.03 Å². The fourth-order valence-corrected chi connectivity index (χ4v) is 0.913. The van der Waals surface area contributed by atoms with Crippen LogP contribution in [0.2, 0.25) is 0 Å². The molecule has 0 atom stereocenters. The Bertz CT molecular complexity index is 250. The minimum absolute atomic E-state index is 0.660. The van der Waals surface area contributed by atoms with Gasteiger partial charge < -0.3 is 0 Å². The zero-order valence-electron chi connectivity index (χ0n) is 5.62. The first-order valence-electron chi connectivity index (χ1n) is 2.98. The van der Waals surface area contributed by atoms with Crippen LogP contribution in [0, 0.1) is 0 Å². The molecule has 0 spiro atoms. The van der Waals surface area contributed by atoms with Crippen LogP contribution in [-0.2, 0) is 0 Å². The van der Waals surface area contributed by atoms with Crippen LogP contribution >= 0.6 is 16.1 Å². The zero-order valence-corrected chi connectivity index (χ0v) is 7.21. The van der Waals surface area contributed by atoms with Crippen molar-refractivity contribution >= 4 is 27.9 Å². The molecular weight excluding hydrogens is 208 g/mol. The van der Waals surface area contributed by atoms with E-state index in [0.29, 0.717) is 5.69 Å². The van der Waals surface area contributed by atoms with Crippen LogP contribution in [0.3, 0.4) is 0 Å². The maximum atomic E-state index is 10.5. The quantitative estimate of drug-likeness (QED) is 0.660. The molecule has 0 heterocycles. The van der Waals surface area contributed by atoms with Crippen molar-refractivity contribution in [1.82, 2.24) is 5.73 Å². The molecule has 1 aromatic rings. The van der Waals surface area contributed by atoms with Crippen molar-refractivity contribution in [2.45, 2.75) is 0 Å². The predicted molar refractivity (Wildman–Crippen MR) is 46.3 cm³/mol. The molecule has 0 unspecified atom stereocenters. The van der Waals surface area contributed by atoms with E-state index in [0.717, 1.165) is 3.93 Å². The molecule has 4 heteroatoms. The van der Waals surface area contributed by atoms with Crippen molar-refractivity contribution in [3.63, 3.8) is 0 Å². The first-order chi connectivity index (χ1) is 5.22. The summed E-state index contributed by atoms with van der Waals surface area (Å²) in [5.41, 5.74) is 7.42. The van der Waals surface area contributed by atoms with E-state index in [9.17, 15) is 4.79 Å². The van der Waals surface area contributed by atoms with E-state index in [1.807, 2.05) is 6.07 Å². The molecule has 3 nitrogen and oxygen atoms in total. The number of carbonyl (C=O) groups excluding carboxylic acids is 1. The van der Waals surface area contributed by atoms with Gasteiger partial charge in [0, 0.05) is 0 Å². The van der Waals surface area contributed by atoms with Gasteiger partial charge in [0.05, 0.1) is 21.8 Å². The Kier molecular flexibility index (Phi) is 2.48. The van der Waals surface area contributed by atoms with Crippen molar-refractivity contribution < 1.29 is 4.79 Å². The van der Waals surface area contributed by atoms with Gasteiger partial charge in [0.2, 0.25) is 0 Å². The van der Waals surface area contributed by atoms with E-state index >= 15 is 0 Å².